The first kappa shape index (κ1) is 41.3. The number of phenols is 1. The molecule has 0 unspecified atom stereocenters. The van der Waals surface area contributed by atoms with Crippen LogP contribution in [0.3, 0.4) is 0 Å². The molecule has 13 heteroatoms. The minimum absolute atomic E-state index is 0. The Hall–Kier alpha value is -6.44. The molecule has 0 spiro atoms. The van der Waals surface area contributed by atoms with Crippen LogP contribution in [0.4, 0.5) is 5.69 Å². The summed E-state index contributed by atoms with van der Waals surface area (Å²) in [4.78, 5) is 62.3. The van der Waals surface area contributed by atoms with E-state index in [9.17, 15) is 29.3 Å². The third-order valence-corrected chi connectivity index (χ3v) is 8.21. The molecule has 0 saturated heterocycles. The largest absolute Gasteiger partial charge is 1.00 e. The molecule has 6 aromatic carbocycles. The molecule has 55 heavy (non-hydrogen) atoms. The van der Waals surface area contributed by atoms with Gasteiger partial charge in [-0.3, -0.25) is 39.1 Å². The Morgan fingerprint density at radius 2 is 0.909 bits per heavy atom. The van der Waals surface area contributed by atoms with Crippen molar-refractivity contribution in [3.63, 3.8) is 0 Å². The van der Waals surface area contributed by atoms with Gasteiger partial charge in [-0.2, -0.15) is 0 Å². The van der Waals surface area contributed by atoms with Crippen molar-refractivity contribution in [2.24, 2.45) is 0 Å². The number of rotatable bonds is 7. The number of fused-ring (bicyclic) bond motifs is 2. The van der Waals surface area contributed by atoms with E-state index >= 15 is 0 Å². The third kappa shape index (κ3) is 9.96. The van der Waals surface area contributed by atoms with Crippen LogP contribution in [-0.2, 0) is 13.1 Å². The minimum Gasteiger partial charge on any atom is -0.870 e. The van der Waals surface area contributed by atoms with Gasteiger partial charge in [0.1, 0.15) is 17.2 Å². The summed E-state index contributed by atoms with van der Waals surface area (Å²) in [5.74, 6) is 0.0595. The zero-order valence-electron chi connectivity index (χ0n) is 29.5. The summed E-state index contributed by atoms with van der Waals surface area (Å²) in [5, 5.41) is 19.4. The number of imide groups is 2. The summed E-state index contributed by atoms with van der Waals surface area (Å²) in [6.45, 7) is 0.420. The third-order valence-electron chi connectivity index (χ3n) is 8.21. The fourth-order valence-electron chi connectivity index (χ4n) is 5.60. The molecule has 0 aromatic heterocycles. The average molecular weight is 746 g/mol. The number of nitro groups is 1. The molecule has 6 aromatic rings. The number of nitrogens with zero attached hydrogens (tertiary/aromatic N) is 3. The van der Waals surface area contributed by atoms with Gasteiger partial charge >= 0.3 is 29.6 Å². The van der Waals surface area contributed by atoms with E-state index in [1.54, 1.807) is 42.5 Å². The number of aromatic hydroxyl groups is 1. The van der Waals surface area contributed by atoms with E-state index in [0.29, 0.717) is 28.4 Å². The first-order valence-corrected chi connectivity index (χ1v) is 16.4. The minimum atomic E-state index is -0.585. The number of ether oxygens (including phenoxy) is 1. The van der Waals surface area contributed by atoms with E-state index < -0.39 is 16.7 Å². The van der Waals surface area contributed by atoms with Crippen molar-refractivity contribution in [1.29, 1.82) is 0 Å². The molecule has 0 bridgehead atoms. The summed E-state index contributed by atoms with van der Waals surface area (Å²) in [6, 6.07) is 45.3. The molecular formula is C42H32N3NaO9. The van der Waals surface area contributed by atoms with Gasteiger partial charge in [0, 0.05) is 12.1 Å². The quantitative estimate of drug-likeness (QED) is 0.103. The fourth-order valence-corrected chi connectivity index (χ4v) is 5.60. The Morgan fingerprint density at radius 3 is 1.35 bits per heavy atom. The van der Waals surface area contributed by atoms with Crippen LogP contribution in [0.5, 0.6) is 17.2 Å². The van der Waals surface area contributed by atoms with Crippen molar-refractivity contribution in [2.75, 3.05) is 0 Å². The number of phenolic OH excluding ortho intramolecular Hbond substituents is 1. The van der Waals surface area contributed by atoms with Crippen LogP contribution in [0.2, 0.25) is 0 Å². The number of carbonyl (C=O) groups is 4. The molecule has 2 heterocycles. The van der Waals surface area contributed by atoms with Crippen LogP contribution >= 0.6 is 0 Å². The van der Waals surface area contributed by atoms with Crippen LogP contribution in [0.15, 0.2) is 158 Å². The van der Waals surface area contributed by atoms with E-state index in [-0.39, 0.29) is 76.8 Å². The second kappa shape index (κ2) is 19.1. The van der Waals surface area contributed by atoms with E-state index in [1.165, 1.54) is 17.0 Å². The van der Waals surface area contributed by atoms with Crippen LogP contribution in [0.25, 0.3) is 0 Å². The van der Waals surface area contributed by atoms with Crippen LogP contribution < -0.4 is 34.3 Å². The second-order valence-electron chi connectivity index (χ2n) is 11.8. The SMILES string of the molecule is O=C1c2ccc(Oc3ccccc3)cc2C(=O)N1Cc1ccccc1.O=C1c2ccc([N+](=O)[O-])cc2C(=O)N1Cc1ccccc1.Oc1ccccc1.[Na+].[OH-]. The number of carbonyl (C=O) groups excluding carboxylic acids is 4. The molecule has 2 aliphatic rings. The number of hydrogen-bond acceptors (Lipinski definition) is 9. The van der Waals surface area contributed by atoms with Gasteiger partial charge < -0.3 is 15.3 Å². The van der Waals surface area contributed by atoms with E-state index in [0.717, 1.165) is 22.1 Å². The number of para-hydroxylation sites is 2. The predicted octanol–water partition coefficient (Wildman–Crippen LogP) is 4.89. The molecule has 0 saturated carbocycles. The number of nitro benzene ring substituents is 1. The number of non-ortho nitro benzene ring substituents is 1. The monoisotopic (exact) mass is 745 g/mol. The van der Waals surface area contributed by atoms with Crippen LogP contribution in [0.1, 0.15) is 52.6 Å². The van der Waals surface area contributed by atoms with Crippen LogP contribution in [-0.4, -0.2) is 48.9 Å². The normalized spacial score (nSPS) is 12.1. The number of benzene rings is 6. The van der Waals surface area contributed by atoms with Crippen molar-refractivity contribution in [3.8, 4) is 17.2 Å². The molecule has 2 aliphatic heterocycles. The Labute approximate surface area is 338 Å². The molecule has 0 aliphatic carbocycles. The molecule has 8 rings (SSSR count). The summed E-state index contributed by atoms with van der Waals surface area (Å²) in [6.07, 6.45) is 0. The molecule has 0 fully saturated rings. The summed E-state index contributed by atoms with van der Waals surface area (Å²) >= 11 is 0. The van der Waals surface area contributed by atoms with Crippen molar-refractivity contribution >= 4 is 29.3 Å². The first-order valence-electron chi connectivity index (χ1n) is 16.4. The maximum Gasteiger partial charge on any atom is 1.00 e. The Kier molecular flexibility index (Phi) is 14.3. The van der Waals surface area contributed by atoms with Crippen molar-refractivity contribution in [3.05, 3.63) is 201 Å². The van der Waals surface area contributed by atoms with Gasteiger partial charge in [0.15, 0.2) is 0 Å². The number of amides is 4. The van der Waals surface area contributed by atoms with Gasteiger partial charge in [0.05, 0.1) is 40.3 Å². The van der Waals surface area contributed by atoms with Gasteiger partial charge in [-0.15, -0.1) is 0 Å². The average Bonchev–Trinajstić information content (AvgIpc) is 3.56. The van der Waals surface area contributed by atoms with Gasteiger partial charge in [0.2, 0.25) is 0 Å². The molecule has 12 nitrogen and oxygen atoms in total. The molecule has 0 atom stereocenters. The second-order valence-corrected chi connectivity index (χ2v) is 11.8. The standard InChI is InChI=1S/C21H15NO3.C15H10N2O4.C6H6O.Na.H2O/c23-20-18-12-11-17(25-16-9-5-2-6-10-16)13-19(18)21(24)22(20)14-15-7-3-1-4-8-15;18-14-12-7-6-11(17(20)21)8-13(12)15(19)16(14)9-10-4-2-1-3-5-10;7-6-4-2-1-3-5-6;;/h1-13H,14H2;1-8H,9H2;1-5,7H;;1H2/q;;;+1;/p-1. The Morgan fingerprint density at radius 1 is 0.509 bits per heavy atom. The van der Waals surface area contributed by atoms with Crippen molar-refractivity contribution in [1.82, 2.24) is 9.80 Å². The summed E-state index contributed by atoms with van der Waals surface area (Å²) < 4.78 is 5.76. The van der Waals surface area contributed by atoms with E-state index in [4.69, 9.17) is 9.84 Å². The Balaban J connectivity index is 0.000000204. The van der Waals surface area contributed by atoms with Crippen LogP contribution in [0, 0.1) is 10.1 Å². The molecule has 4 amide bonds. The topological polar surface area (TPSA) is 177 Å². The Bertz CT molecular complexity index is 2290. The molecule has 2 N–H and O–H groups in total. The number of hydrogen-bond donors (Lipinski definition) is 1. The summed E-state index contributed by atoms with van der Waals surface area (Å²) in [7, 11) is 0. The zero-order valence-corrected chi connectivity index (χ0v) is 31.5. The van der Waals surface area contributed by atoms with Gasteiger partial charge in [-0.1, -0.05) is 97.1 Å². The van der Waals surface area contributed by atoms with E-state index in [1.807, 2.05) is 97.1 Å². The first-order chi connectivity index (χ1) is 25.7. The smallest absolute Gasteiger partial charge is 0.870 e. The van der Waals surface area contributed by atoms with Gasteiger partial charge in [-0.05, 0) is 59.7 Å². The maximum atomic E-state index is 12.7. The fraction of sp³-hybridized carbons (Fsp3) is 0.0476. The maximum absolute atomic E-state index is 12.7. The molecule has 270 valence electrons. The molecule has 0 radical (unpaired) electrons. The zero-order chi connectivity index (χ0) is 37.3. The van der Waals surface area contributed by atoms with Gasteiger partial charge in [-0.25, -0.2) is 0 Å². The van der Waals surface area contributed by atoms with E-state index in [2.05, 4.69) is 0 Å². The van der Waals surface area contributed by atoms with Gasteiger partial charge in [0.25, 0.3) is 29.3 Å². The predicted molar refractivity (Wildman–Crippen MR) is 197 cm³/mol. The van der Waals surface area contributed by atoms with Crippen molar-refractivity contribution < 1.29 is 69.0 Å². The molecular weight excluding hydrogens is 713 g/mol. The summed E-state index contributed by atoms with van der Waals surface area (Å²) in [5.41, 5.74) is 2.64. The van der Waals surface area contributed by atoms with Crippen molar-refractivity contribution in [2.45, 2.75) is 13.1 Å².